The molecule has 0 saturated carbocycles. The van der Waals surface area contributed by atoms with Gasteiger partial charge in [0.2, 0.25) is 11.8 Å². The fourth-order valence-corrected chi connectivity index (χ4v) is 3.27. The first-order valence-corrected chi connectivity index (χ1v) is 8.62. The number of likely N-dealkylation sites (tertiary alicyclic amines) is 1. The molecule has 0 radical (unpaired) electrons. The largest absolute Gasteiger partial charge is 0.347 e. The van der Waals surface area contributed by atoms with Crippen LogP contribution in [0.5, 0.6) is 0 Å². The predicted octanol–water partition coefficient (Wildman–Crippen LogP) is 1.44. The zero-order chi connectivity index (χ0) is 18.5. The average molecular weight is 355 g/mol. The minimum absolute atomic E-state index is 0.0389. The summed E-state index contributed by atoms with van der Waals surface area (Å²) in [5.74, 6) is -0.758. The van der Waals surface area contributed by atoms with Gasteiger partial charge in [-0.3, -0.25) is 9.59 Å². The molecule has 1 aliphatic rings. The highest BCUT2D eigenvalue weighted by Gasteiger charge is 2.33. The van der Waals surface area contributed by atoms with Crippen molar-refractivity contribution in [2.45, 2.75) is 18.4 Å². The fourth-order valence-electron chi connectivity index (χ4n) is 3.27. The summed E-state index contributed by atoms with van der Waals surface area (Å²) in [6.07, 6.45) is 0.0389. The molecule has 1 saturated heterocycles. The van der Waals surface area contributed by atoms with Gasteiger partial charge >= 0.3 is 0 Å². The maximum absolute atomic E-state index is 13.1. The molecule has 3 N–H and O–H groups in total. The minimum atomic E-state index is -0.385. The third-order valence-corrected chi connectivity index (χ3v) is 4.64. The van der Waals surface area contributed by atoms with E-state index in [0.717, 1.165) is 5.56 Å². The molecule has 2 aromatic carbocycles. The summed E-state index contributed by atoms with van der Waals surface area (Å²) < 4.78 is 13.1. The number of carbonyl (C=O) groups excluding carboxylic acids is 2. The van der Waals surface area contributed by atoms with E-state index in [-0.39, 0.29) is 42.6 Å². The topological polar surface area (TPSA) is 75.4 Å². The average Bonchev–Trinajstić information content (AvgIpc) is 3.02. The standard InChI is InChI=1S/C20H22FN3O2/c21-16-8-4-5-14(9-16)10-19(25)23-11-20(26)24-12-17(18(22)13-24)15-6-2-1-3-7-15/h1-9,17-18H,10-13,22H2,(H,23,25)/t17-,18+/m0/s1. The Kier molecular flexibility index (Phi) is 5.63. The van der Waals surface area contributed by atoms with E-state index >= 15 is 0 Å². The number of nitrogens with two attached hydrogens (primary N) is 1. The number of carbonyl (C=O) groups is 2. The van der Waals surface area contributed by atoms with Gasteiger partial charge in [0.1, 0.15) is 5.82 Å². The van der Waals surface area contributed by atoms with Crippen molar-refractivity contribution in [3.05, 3.63) is 71.5 Å². The molecule has 1 fully saturated rings. The monoisotopic (exact) mass is 355 g/mol. The van der Waals surface area contributed by atoms with Crippen molar-refractivity contribution in [3.63, 3.8) is 0 Å². The van der Waals surface area contributed by atoms with Gasteiger partial charge in [-0.1, -0.05) is 42.5 Å². The molecule has 0 unspecified atom stereocenters. The van der Waals surface area contributed by atoms with Crippen molar-refractivity contribution in [2.75, 3.05) is 19.6 Å². The van der Waals surface area contributed by atoms with Gasteiger partial charge in [-0.25, -0.2) is 4.39 Å². The van der Waals surface area contributed by atoms with E-state index in [4.69, 9.17) is 5.73 Å². The molecule has 136 valence electrons. The normalized spacial score (nSPS) is 19.4. The van der Waals surface area contributed by atoms with Crippen LogP contribution in [-0.4, -0.2) is 42.4 Å². The molecule has 0 bridgehead atoms. The maximum Gasteiger partial charge on any atom is 0.242 e. The molecule has 1 heterocycles. The molecule has 2 atom stereocenters. The van der Waals surface area contributed by atoms with E-state index < -0.39 is 0 Å². The second-order valence-corrected chi connectivity index (χ2v) is 6.56. The predicted molar refractivity (Wildman–Crippen MR) is 96.9 cm³/mol. The van der Waals surface area contributed by atoms with Crippen LogP contribution in [0, 0.1) is 5.82 Å². The molecule has 26 heavy (non-hydrogen) atoms. The van der Waals surface area contributed by atoms with Crippen LogP contribution in [0.4, 0.5) is 4.39 Å². The third-order valence-electron chi connectivity index (χ3n) is 4.64. The Labute approximate surface area is 152 Å². The fraction of sp³-hybridized carbons (Fsp3) is 0.300. The first-order valence-electron chi connectivity index (χ1n) is 8.62. The summed E-state index contributed by atoms with van der Waals surface area (Å²) >= 11 is 0. The number of rotatable bonds is 5. The molecule has 5 nitrogen and oxygen atoms in total. The summed E-state index contributed by atoms with van der Waals surface area (Å²) in [6.45, 7) is 0.935. The highest BCUT2D eigenvalue weighted by molar-refractivity contribution is 5.86. The SMILES string of the molecule is N[C@@H]1CN(C(=O)CNC(=O)Cc2cccc(F)c2)C[C@H]1c1ccccc1. The van der Waals surface area contributed by atoms with Gasteiger partial charge in [-0.15, -0.1) is 0 Å². The molecular weight excluding hydrogens is 333 g/mol. The van der Waals surface area contributed by atoms with E-state index in [0.29, 0.717) is 18.7 Å². The highest BCUT2D eigenvalue weighted by Crippen LogP contribution is 2.26. The lowest BCUT2D eigenvalue weighted by atomic mass is 9.95. The molecule has 2 amide bonds. The first-order chi connectivity index (χ1) is 12.5. The lowest BCUT2D eigenvalue weighted by Crippen LogP contribution is -2.40. The van der Waals surface area contributed by atoms with Crippen LogP contribution in [0.2, 0.25) is 0 Å². The molecule has 3 rings (SSSR count). The van der Waals surface area contributed by atoms with Crippen molar-refractivity contribution in [1.82, 2.24) is 10.2 Å². The van der Waals surface area contributed by atoms with E-state index in [1.165, 1.54) is 12.1 Å². The van der Waals surface area contributed by atoms with Gasteiger partial charge in [-0.05, 0) is 23.3 Å². The summed E-state index contributed by atoms with van der Waals surface area (Å²) in [5.41, 5.74) is 7.88. The van der Waals surface area contributed by atoms with Gasteiger partial charge in [0.15, 0.2) is 0 Å². The van der Waals surface area contributed by atoms with Crippen LogP contribution in [0.15, 0.2) is 54.6 Å². The first kappa shape index (κ1) is 18.1. The van der Waals surface area contributed by atoms with Crippen LogP contribution in [0.3, 0.4) is 0 Å². The maximum atomic E-state index is 13.1. The number of amides is 2. The Bertz CT molecular complexity index is 782. The quantitative estimate of drug-likeness (QED) is 0.852. The number of nitrogens with one attached hydrogen (secondary N) is 1. The summed E-state index contributed by atoms with van der Waals surface area (Å²) in [5, 5.41) is 2.60. The Morgan fingerprint density at radius 3 is 2.62 bits per heavy atom. The van der Waals surface area contributed by atoms with Gasteiger partial charge in [0, 0.05) is 25.0 Å². The van der Waals surface area contributed by atoms with Crippen LogP contribution in [0.1, 0.15) is 17.0 Å². The smallest absolute Gasteiger partial charge is 0.242 e. The molecule has 0 aromatic heterocycles. The van der Waals surface area contributed by atoms with Crippen LogP contribution < -0.4 is 11.1 Å². The summed E-state index contributed by atoms with van der Waals surface area (Å²) in [4.78, 5) is 26.0. The number of hydrogen-bond donors (Lipinski definition) is 2. The van der Waals surface area contributed by atoms with Crippen molar-refractivity contribution < 1.29 is 14.0 Å². The van der Waals surface area contributed by atoms with E-state index in [1.807, 2.05) is 30.3 Å². The summed E-state index contributed by atoms with van der Waals surface area (Å²) in [7, 11) is 0. The van der Waals surface area contributed by atoms with Gasteiger partial charge in [-0.2, -0.15) is 0 Å². The second-order valence-electron chi connectivity index (χ2n) is 6.56. The number of halogens is 1. The van der Waals surface area contributed by atoms with Crippen LogP contribution in [-0.2, 0) is 16.0 Å². The van der Waals surface area contributed by atoms with Gasteiger partial charge < -0.3 is 16.0 Å². The van der Waals surface area contributed by atoms with Gasteiger partial charge in [0.05, 0.1) is 13.0 Å². The van der Waals surface area contributed by atoms with Crippen LogP contribution >= 0.6 is 0 Å². The van der Waals surface area contributed by atoms with E-state index in [1.54, 1.807) is 17.0 Å². The van der Waals surface area contributed by atoms with Crippen molar-refractivity contribution >= 4 is 11.8 Å². The minimum Gasteiger partial charge on any atom is -0.347 e. The van der Waals surface area contributed by atoms with E-state index in [2.05, 4.69) is 5.32 Å². The Balaban J connectivity index is 1.50. The second kappa shape index (κ2) is 8.10. The van der Waals surface area contributed by atoms with E-state index in [9.17, 15) is 14.0 Å². The lowest BCUT2D eigenvalue weighted by molar-refractivity contribution is -0.131. The number of hydrogen-bond acceptors (Lipinski definition) is 3. The Morgan fingerprint density at radius 1 is 1.12 bits per heavy atom. The Hall–Kier alpha value is -2.73. The number of benzene rings is 2. The molecule has 6 heteroatoms. The third kappa shape index (κ3) is 4.46. The highest BCUT2D eigenvalue weighted by atomic mass is 19.1. The van der Waals surface area contributed by atoms with Crippen LogP contribution in [0.25, 0.3) is 0 Å². The van der Waals surface area contributed by atoms with Crippen molar-refractivity contribution in [1.29, 1.82) is 0 Å². The molecule has 0 aliphatic carbocycles. The van der Waals surface area contributed by atoms with Gasteiger partial charge in [0.25, 0.3) is 0 Å². The molecule has 0 spiro atoms. The summed E-state index contributed by atoms with van der Waals surface area (Å²) in [6, 6.07) is 15.6. The van der Waals surface area contributed by atoms with Crippen molar-refractivity contribution in [3.8, 4) is 0 Å². The van der Waals surface area contributed by atoms with Crippen molar-refractivity contribution in [2.24, 2.45) is 5.73 Å². The Morgan fingerprint density at radius 2 is 1.88 bits per heavy atom. The molecule has 2 aromatic rings. The zero-order valence-corrected chi connectivity index (χ0v) is 14.4. The number of nitrogens with zero attached hydrogens (tertiary/aromatic N) is 1. The zero-order valence-electron chi connectivity index (χ0n) is 14.4. The lowest BCUT2D eigenvalue weighted by Gasteiger charge is -2.17. The molecule has 1 aliphatic heterocycles. The molecular formula is C20H22FN3O2.